The molecule has 0 aromatic heterocycles. The number of hydrogen-bond acceptors (Lipinski definition) is 1. The lowest BCUT2D eigenvalue weighted by Crippen LogP contribution is -2.13. The Kier molecular flexibility index (Phi) is 8.03. The molecule has 0 aliphatic carbocycles. The molecule has 0 aliphatic heterocycles. The first-order chi connectivity index (χ1) is 5.27. The summed E-state index contributed by atoms with van der Waals surface area (Å²) in [7, 11) is 0. The van der Waals surface area contributed by atoms with E-state index in [0.717, 1.165) is 12.5 Å². The molecule has 0 spiro atoms. The van der Waals surface area contributed by atoms with Crippen molar-refractivity contribution in [2.45, 2.75) is 46.5 Å². The summed E-state index contributed by atoms with van der Waals surface area (Å²) in [6.07, 6.45) is 5.54. The first kappa shape index (κ1) is 11.0. The van der Waals surface area contributed by atoms with Crippen molar-refractivity contribution in [2.24, 2.45) is 5.92 Å². The Labute approximate surface area is 71.6 Å². The van der Waals surface area contributed by atoms with Gasteiger partial charge in [0.15, 0.2) is 0 Å². The molecule has 1 heteroatoms. The fourth-order valence-electron chi connectivity index (χ4n) is 1.16. The van der Waals surface area contributed by atoms with E-state index >= 15 is 0 Å². The lowest BCUT2D eigenvalue weighted by atomic mass is 10.1. The largest absolute Gasteiger partial charge is 0.317 e. The van der Waals surface area contributed by atoms with Gasteiger partial charge in [-0.15, -0.1) is 0 Å². The van der Waals surface area contributed by atoms with Gasteiger partial charge in [-0.25, -0.2) is 0 Å². The topological polar surface area (TPSA) is 12.0 Å². The molecule has 0 fully saturated rings. The molecular weight excluding hydrogens is 134 g/mol. The molecule has 0 saturated heterocycles. The Morgan fingerprint density at radius 3 is 2.36 bits per heavy atom. The van der Waals surface area contributed by atoms with E-state index in [-0.39, 0.29) is 0 Å². The van der Waals surface area contributed by atoms with Crippen LogP contribution >= 0.6 is 0 Å². The maximum atomic E-state index is 3.34. The van der Waals surface area contributed by atoms with Crippen LogP contribution in [0.5, 0.6) is 0 Å². The van der Waals surface area contributed by atoms with Crippen LogP contribution in [0.15, 0.2) is 0 Å². The molecule has 0 aromatic rings. The average molecular weight is 157 g/mol. The Hall–Kier alpha value is -0.0400. The zero-order valence-electron chi connectivity index (χ0n) is 8.32. The smallest absolute Gasteiger partial charge is 0.00490 e. The van der Waals surface area contributed by atoms with Crippen LogP contribution < -0.4 is 5.32 Å². The summed E-state index contributed by atoms with van der Waals surface area (Å²) in [4.78, 5) is 0. The molecule has 11 heavy (non-hydrogen) atoms. The van der Waals surface area contributed by atoms with Crippen molar-refractivity contribution in [1.29, 1.82) is 0 Å². The molecule has 0 saturated carbocycles. The summed E-state index contributed by atoms with van der Waals surface area (Å²) in [5.41, 5.74) is 0. The molecule has 1 nitrogen and oxygen atoms in total. The maximum absolute atomic E-state index is 3.34. The lowest BCUT2D eigenvalue weighted by molar-refractivity contribution is 0.518. The van der Waals surface area contributed by atoms with Crippen molar-refractivity contribution in [2.75, 3.05) is 13.1 Å². The van der Waals surface area contributed by atoms with Gasteiger partial charge in [-0.3, -0.25) is 0 Å². The molecule has 0 heterocycles. The standard InChI is InChI=1S/C10H23N/c1-4-11-9-7-5-6-8-10(2)3/h10-11H,4-9H2,1-3H3. The van der Waals surface area contributed by atoms with Gasteiger partial charge in [0.25, 0.3) is 0 Å². The molecule has 1 N–H and O–H groups in total. The van der Waals surface area contributed by atoms with Crippen LogP contribution in [-0.4, -0.2) is 13.1 Å². The first-order valence-electron chi connectivity index (χ1n) is 4.98. The minimum absolute atomic E-state index is 0.883. The summed E-state index contributed by atoms with van der Waals surface area (Å²) in [5.74, 6) is 0.883. The van der Waals surface area contributed by atoms with Crippen molar-refractivity contribution >= 4 is 0 Å². The third-order valence-corrected chi connectivity index (χ3v) is 1.89. The SMILES string of the molecule is CCNCCCCCC(C)C. The molecular formula is C10H23N. The Morgan fingerprint density at radius 1 is 1.09 bits per heavy atom. The highest BCUT2D eigenvalue weighted by Gasteiger charge is 1.93. The molecule has 0 bridgehead atoms. The van der Waals surface area contributed by atoms with Crippen LogP contribution in [0.1, 0.15) is 46.5 Å². The molecule has 0 radical (unpaired) electrons. The lowest BCUT2D eigenvalue weighted by Gasteiger charge is -2.04. The van der Waals surface area contributed by atoms with E-state index < -0.39 is 0 Å². The quantitative estimate of drug-likeness (QED) is 0.560. The van der Waals surface area contributed by atoms with Crippen LogP contribution in [0.3, 0.4) is 0 Å². The average Bonchev–Trinajstić information content (AvgIpc) is 1.96. The Balaban J connectivity index is 2.80. The maximum Gasteiger partial charge on any atom is -0.00490 e. The van der Waals surface area contributed by atoms with Gasteiger partial charge in [-0.2, -0.15) is 0 Å². The van der Waals surface area contributed by atoms with Gasteiger partial charge in [0.05, 0.1) is 0 Å². The second kappa shape index (κ2) is 8.06. The molecule has 68 valence electrons. The Bertz CT molecular complexity index is 69.3. The minimum atomic E-state index is 0.883. The molecule has 0 amide bonds. The second-order valence-corrected chi connectivity index (χ2v) is 3.60. The van der Waals surface area contributed by atoms with Crippen LogP contribution in [0.25, 0.3) is 0 Å². The van der Waals surface area contributed by atoms with Crippen LogP contribution in [0.4, 0.5) is 0 Å². The van der Waals surface area contributed by atoms with E-state index in [9.17, 15) is 0 Å². The second-order valence-electron chi connectivity index (χ2n) is 3.60. The van der Waals surface area contributed by atoms with E-state index in [0.29, 0.717) is 0 Å². The van der Waals surface area contributed by atoms with E-state index in [4.69, 9.17) is 0 Å². The summed E-state index contributed by atoms with van der Waals surface area (Å²) in [6, 6.07) is 0. The van der Waals surface area contributed by atoms with Gasteiger partial charge in [0, 0.05) is 0 Å². The van der Waals surface area contributed by atoms with Crippen molar-refractivity contribution in [1.82, 2.24) is 5.32 Å². The van der Waals surface area contributed by atoms with Gasteiger partial charge in [-0.05, 0) is 25.4 Å². The van der Waals surface area contributed by atoms with Gasteiger partial charge in [-0.1, -0.05) is 40.0 Å². The highest BCUT2D eigenvalue weighted by atomic mass is 14.8. The van der Waals surface area contributed by atoms with E-state index in [1.165, 1.54) is 32.2 Å². The fourth-order valence-corrected chi connectivity index (χ4v) is 1.16. The summed E-state index contributed by atoms with van der Waals surface area (Å²) >= 11 is 0. The predicted octanol–water partition coefficient (Wildman–Crippen LogP) is 2.81. The van der Waals surface area contributed by atoms with Crippen molar-refractivity contribution < 1.29 is 0 Å². The van der Waals surface area contributed by atoms with Crippen molar-refractivity contribution in [3.8, 4) is 0 Å². The zero-order valence-corrected chi connectivity index (χ0v) is 8.32. The molecule has 0 atom stereocenters. The van der Waals surface area contributed by atoms with Crippen molar-refractivity contribution in [3.05, 3.63) is 0 Å². The van der Waals surface area contributed by atoms with Gasteiger partial charge in [0.2, 0.25) is 0 Å². The van der Waals surface area contributed by atoms with Gasteiger partial charge < -0.3 is 5.32 Å². The third-order valence-electron chi connectivity index (χ3n) is 1.89. The van der Waals surface area contributed by atoms with E-state index in [2.05, 4.69) is 26.1 Å². The molecule has 0 aliphatic rings. The Morgan fingerprint density at radius 2 is 1.82 bits per heavy atom. The third kappa shape index (κ3) is 9.96. The number of hydrogen-bond donors (Lipinski definition) is 1. The minimum Gasteiger partial charge on any atom is -0.317 e. The van der Waals surface area contributed by atoms with Gasteiger partial charge in [0.1, 0.15) is 0 Å². The van der Waals surface area contributed by atoms with Crippen LogP contribution in [-0.2, 0) is 0 Å². The highest BCUT2D eigenvalue weighted by molar-refractivity contribution is 4.49. The van der Waals surface area contributed by atoms with Crippen molar-refractivity contribution in [3.63, 3.8) is 0 Å². The van der Waals surface area contributed by atoms with Crippen LogP contribution in [0, 0.1) is 5.92 Å². The highest BCUT2D eigenvalue weighted by Crippen LogP contribution is 2.07. The molecule has 0 aromatic carbocycles. The van der Waals surface area contributed by atoms with Gasteiger partial charge >= 0.3 is 0 Å². The first-order valence-corrected chi connectivity index (χ1v) is 4.98. The number of rotatable bonds is 7. The zero-order chi connectivity index (χ0) is 8.53. The fraction of sp³-hybridized carbons (Fsp3) is 1.00. The molecule has 0 unspecified atom stereocenters. The predicted molar refractivity (Wildman–Crippen MR) is 51.8 cm³/mol. The normalized spacial score (nSPS) is 10.9. The number of unbranched alkanes of at least 4 members (excludes halogenated alkanes) is 2. The summed E-state index contributed by atoms with van der Waals surface area (Å²) in [6.45, 7) is 9.07. The summed E-state index contributed by atoms with van der Waals surface area (Å²) in [5, 5.41) is 3.34. The monoisotopic (exact) mass is 157 g/mol. The van der Waals surface area contributed by atoms with E-state index in [1.807, 2.05) is 0 Å². The van der Waals surface area contributed by atoms with E-state index in [1.54, 1.807) is 0 Å². The summed E-state index contributed by atoms with van der Waals surface area (Å²) < 4.78 is 0. The number of nitrogens with one attached hydrogen (secondary N) is 1. The van der Waals surface area contributed by atoms with Crippen LogP contribution in [0.2, 0.25) is 0 Å². The molecule has 0 rings (SSSR count).